The highest BCUT2D eigenvalue weighted by atomic mass is 32.2. The predicted molar refractivity (Wildman–Crippen MR) is 168 cm³/mol. The van der Waals surface area contributed by atoms with E-state index in [2.05, 4.69) is 10.0 Å². The third kappa shape index (κ3) is 8.10. The maximum Gasteiger partial charge on any atom is 0.242 e. The molecule has 9 heteroatoms. The molecule has 0 bridgehead atoms. The molecular formula is C34H42N4O4S. The number of carbonyl (C=O) groups excluding carboxylic acids is 2. The van der Waals surface area contributed by atoms with Crippen LogP contribution in [0.4, 0.5) is 0 Å². The third-order valence-corrected chi connectivity index (χ3v) is 10.0. The average Bonchev–Trinajstić information content (AvgIpc) is 3.52. The Kier molecular flexibility index (Phi) is 10.3. The molecule has 2 aliphatic rings. The summed E-state index contributed by atoms with van der Waals surface area (Å²) in [6, 6.07) is 26.3. The Morgan fingerprint density at radius 1 is 0.814 bits per heavy atom. The van der Waals surface area contributed by atoms with Gasteiger partial charge in [0, 0.05) is 25.0 Å². The van der Waals surface area contributed by atoms with Crippen LogP contribution in [0.2, 0.25) is 0 Å². The highest BCUT2D eigenvalue weighted by Crippen LogP contribution is 2.32. The molecular weight excluding hydrogens is 560 g/mol. The van der Waals surface area contributed by atoms with Crippen LogP contribution in [0.3, 0.4) is 0 Å². The van der Waals surface area contributed by atoms with Crippen LogP contribution in [0.15, 0.2) is 91.0 Å². The molecule has 1 aliphatic heterocycles. The van der Waals surface area contributed by atoms with Gasteiger partial charge in [0.25, 0.3) is 0 Å². The van der Waals surface area contributed by atoms with Gasteiger partial charge in [0.05, 0.1) is 5.75 Å². The average molecular weight is 603 g/mol. The summed E-state index contributed by atoms with van der Waals surface area (Å²) in [5.41, 5.74) is 8.29. The van der Waals surface area contributed by atoms with Crippen LogP contribution < -0.4 is 15.8 Å². The summed E-state index contributed by atoms with van der Waals surface area (Å²) < 4.78 is 30.1. The Hall–Kier alpha value is -3.53. The fourth-order valence-corrected chi connectivity index (χ4v) is 7.76. The molecule has 1 aliphatic carbocycles. The van der Waals surface area contributed by atoms with E-state index in [1.54, 1.807) is 29.2 Å². The summed E-state index contributed by atoms with van der Waals surface area (Å²) in [6.07, 6.45) is 5.09. The smallest absolute Gasteiger partial charge is 0.242 e. The lowest BCUT2D eigenvalue weighted by Gasteiger charge is -2.34. The van der Waals surface area contributed by atoms with Gasteiger partial charge in [-0.3, -0.25) is 9.59 Å². The zero-order valence-electron chi connectivity index (χ0n) is 24.5. The van der Waals surface area contributed by atoms with Gasteiger partial charge in [-0.2, -0.15) is 0 Å². The second-order valence-electron chi connectivity index (χ2n) is 11.9. The van der Waals surface area contributed by atoms with Crippen LogP contribution in [-0.4, -0.2) is 56.3 Å². The first-order valence-corrected chi connectivity index (χ1v) is 16.9. The first kappa shape index (κ1) is 30.9. The Labute approximate surface area is 255 Å². The van der Waals surface area contributed by atoms with Gasteiger partial charge < -0.3 is 16.0 Å². The Morgan fingerprint density at radius 3 is 1.95 bits per heavy atom. The number of hydrogen-bond acceptors (Lipinski definition) is 5. The summed E-state index contributed by atoms with van der Waals surface area (Å²) in [6.45, 7) is 0.955. The number of likely N-dealkylation sites (tertiary alicyclic amines) is 1. The highest BCUT2D eigenvalue weighted by molar-refractivity contribution is 7.88. The first-order chi connectivity index (χ1) is 20.8. The van der Waals surface area contributed by atoms with E-state index < -0.39 is 33.9 Å². The van der Waals surface area contributed by atoms with Crippen LogP contribution in [0.25, 0.3) is 0 Å². The number of benzene rings is 3. The minimum atomic E-state index is -3.94. The molecule has 2 amide bonds. The molecule has 1 saturated carbocycles. The van der Waals surface area contributed by atoms with Gasteiger partial charge in [0.2, 0.25) is 21.8 Å². The number of nitrogens with two attached hydrogens (primary N) is 1. The molecule has 1 unspecified atom stereocenters. The first-order valence-electron chi connectivity index (χ1n) is 15.3. The number of nitrogens with zero attached hydrogens (tertiary/aromatic N) is 1. The van der Waals surface area contributed by atoms with E-state index >= 15 is 0 Å². The summed E-state index contributed by atoms with van der Waals surface area (Å²) in [5.74, 6) is -1.05. The van der Waals surface area contributed by atoms with E-state index in [1.807, 2.05) is 66.7 Å². The largest absolute Gasteiger partial charge is 0.354 e. The van der Waals surface area contributed by atoms with Gasteiger partial charge in [-0.1, -0.05) is 91.0 Å². The van der Waals surface area contributed by atoms with Crippen LogP contribution in [0.1, 0.15) is 61.1 Å². The zero-order chi connectivity index (χ0) is 30.2. The maximum atomic E-state index is 14.5. The molecule has 1 heterocycles. The molecule has 43 heavy (non-hydrogen) atoms. The van der Waals surface area contributed by atoms with Crippen LogP contribution in [0.5, 0.6) is 0 Å². The predicted octanol–water partition coefficient (Wildman–Crippen LogP) is 3.93. The molecule has 0 spiro atoms. The maximum absolute atomic E-state index is 14.5. The number of nitrogens with one attached hydrogen (secondary N) is 2. The Morgan fingerprint density at radius 2 is 1.37 bits per heavy atom. The molecule has 3 aromatic rings. The molecule has 3 aromatic carbocycles. The van der Waals surface area contributed by atoms with Crippen molar-refractivity contribution in [1.29, 1.82) is 0 Å². The monoisotopic (exact) mass is 602 g/mol. The van der Waals surface area contributed by atoms with Gasteiger partial charge in [-0.15, -0.1) is 0 Å². The second-order valence-corrected chi connectivity index (χ2v) is 13.6. The molecule has 1 saturated heterocycles. The fourth-order valence-electron chi connectivity index (χ4n) is 6.42. The number of hydrogen-bond donors (Lipinski definition) is 3. The van der Waals surface area contributed by atoms with E-state index in [0.29, 0.717) is 37.4 Å². The summed E-state index contributed by atoms with van der Waals surface area (Å²) in [7, 11) is -3.94. The quantitative estimate of drug-likeness (QED) is 0.307. The number of rotatable bonds is 11. The molecule has 8 nitrogen and oxygen atoms in total. The zero-order valence-corrected chi connectivity index (χ0v) is 25.3. The Balaban J connectivity index is 1.43. The van der Waals surface area contributed by atoms with Crippen molar-refractivity contribution in [2.75, 3.05) is 13.1 Å². The number of sulfonamides is 1. The standard InChI is InChI=1S/C34H42N4O4S/c35-29-20-18-25(19-21-29)23-36-33(39)30-17-10-22-38(30)34(40)32(37-43(41,42)24-26-11-4-1-5-12-26)31(27-13-6-2-7-14-27)28-15-8-3-9-16-28/h1-9,11-16,25,29-32,37H,10,17-24,35H2,(H,36,39)/t25?,29?,30-,32?/m0/s1. The van der Waals surface area contributed by atoms with Gasteiger partial charge in [-0.05, 0) is 61.1 Å². The summed E-state index contributed by atoms with van der Waals surface area (Å²) >= 11 is 0. The molecule has 0 radical (unpaired) electrons. The van der Waals surface area contributed by atoms with E-state index in [4.69, 9.17) is 5.73 Å². The number of amides is 2. The lowest BCUT2D eigenvalue weighted by molar-refractivity contribution is -0.140. The van der Waals surface area contributed by atoms with Crippen molar-refractivity contribution in [3.05, 3.63) is 108 Å². The van der Waals surface area contributed by atoms with Crippen LogP contribution in [-0.2, 0) is 25.4 Å². The molecule has 228 valence electrons. The van der Waals surface area contributed by atoms with Crippen molar-refractivity contribution in [2.24, 2.45) is 11.7 Å². The van der Waals surface area contributed by atoms with E-state index in [9.17, 15) is 18.0 Å². The highest BCUT2D eigenvalue weighted by Gasteiger charge is 2.42. The number of carbonyl (C=O) groups is 2. The Bertz CT molecular complexity index is 1410. The topological polar surface area (TPSA) is 122 Å². The molecule has 0 aromatic heterocycles. The lowest BCUT2D eigenvalue weighted by Crippen LogP contribution is -2.55. The second kappa shape index (κ2) is 14.3. The van der Waals surface area contributed by atoms with Crippen molar-refractivity contribution in [3.63, 3.8) is 0 Å². The van der Waals surface area contributed by atoms with Crippen molar-refractivity contribution in [3.8, 4) is 0 Å². The van der Waals surface area contributed by atoms with E-state index in [-0.39, 0.29) is 17.7 Å². The van der Waals surface area contributed by atoms with Crippen LogP contribution in [0, 0.1) is 5.92 Å². The normalized spacial score (nSPS) is 21.4. The van der Waals surface area contributed by atoms with E-state index in [1.165, 1.54) is 0 Å². The van der Waals surface area contributed by atoms with Crippen molar-refractivity contribution < 1.29 is 18.0 Å². The van der Waals surface area contributed by atoms with Crippen molar-refractivity contribution >= 4 is 21.8 Å². The minimum Gasteiger partial charge on any atom is -0.354 e. The van der Waals surface area contributed by atoms with Crippen LogP contribution >= 0.6 is 0 Å². The SMILES string of the molecule is NC1CCC(CNC(=O)[C@@H]2CCCN2C(=O)C(NS(=O)(=O)Cc2ccccc2)C(c2ccccc2)c2ccccc2)CC1. The van der Waals surface area contributed by atoms with Gasteiger partial charge >= 0.3 is 0 Å². The fraction of sp³-hybridized carbons (Fsp3) is 0.412. The van der Waals surface area contributed by atoms with Crippen molar-refractivity contribution in [1.82, 2.24) is 14.9 Å². The molecule has 5 rings (SSSR count). The van der Waals surface area contributed by atoms with E-state index in [0.717, 1.165) is 36.8 Å². The molecule has 2 atom stereocenters. The molecule has 2 fully saturated rings. The van der Waals surface area contributed by atoms with Gasteiger partial charge in [-0.25, -0.2) is 13.1 Å². The summed E-state index contributed by atoms with van der Waals surface area (Å²) in [4.78, 5) is 29.6. The minimum absolute atomic E-state index is 0.178. The molecule has 4 N–H and O–H groups in total. The van der Waals surface area contributed by atoms with Crippen molar-refractivity contribution in [2.45, 2.75) is 68.3 Å². The summed E-state index contributed by atoms with van der Waals surface area (Å²) in [5, 5.41) is 3.09. The van der Waals surface area contributed by atoms with Gasteiger partial charge in [0.15, 0.2) is 0 Å². The van der Waals surface area contributed by atoms with Gasteiger partial charge in [0.1, 0.15) is 12.1 Å². The lowest BCUT2D eigenvalue weighted by atomic mass is 9.84. The third-order valence-electron chi connectivity index (χ3n) is 8.72.